The molecule has 0 aromatic heterocycles. The van der Waals surface area contributed by atoms with E-state index in [0.717, 1.165) is 0 Å². The van der Waals surface area contributed by atoms with E-state index in [1.54, 1.807) is 48.5 Å². The van der Waals surface area contributed by atoms with E-state index in [2.05, 4.69) is 0 Å². The van der Waals surface area contributed by atoms with E-state index in [0.29, 0.717) is 22.6 Å². The fraction of sp³-hybridized carbons (Fsp3) is 0.222. The van der Waals surface area contributed by atoms with Gasteiger partial charge in [-0.3, -0.25) is 0 Å². The zero-order valence-corrected chi connectivity index (χ0v) is 13.9. The predicted molar refractivity (Wildman–Crippen MR) is 87.6 cm³/mol. The van der Waals surface area contributed by atoms with Gasteiger partial charge in [-0.25, -0.2) is 9.59 Å². The van der Waals surface area contributed by atoms with Crippen molar-refractivity contribution in [3.8, 4) is 11.5 Å². The summed E-state index contributed by atoms with van der Waals surface area (Å²) in [5.74, 6) is 0.171. The highest BCUT2D eigenvalue weighted by Gasteiger charge is 2.09. The number of benzene rings is 2. The Kier molecular flexibility index (Phi) is 6.79. The third-order valence-corrected chi connectivity index (χ3v) is 3.20. The largest absolute Gasteiger partial charge is 0.497 e. The number of methoxy groups -OCH3 is 2. The van der Waals surface area contributed by atoms with Gasteiger partial charge in [-0.2, -0.15) is 0 Å². The van der Waals surface area contributed by atoms with E-state index >= 15 is 0 Å². The lowest BCUT2D eigenvalue weighted by Gasteiger charge is -2.08. The van der Waals surface area contributed by atoms with Crippen LogP contribution in [0.25, 0.3) is 0 Å². The van der Waals surface area contributed by atoms with Crippen molar-refractivity contribution in [2.24, 2.45) is 0 Å². The summed E-state index contributed by atoms with van der Waals surface area (Å²) in [5, 5.41) is 0. The third kappa shape index (κ3) is 5.50. The summed E-state index contributed by atoms with van der Waals surface area (Å²) in [6, 6.07) is 12.9. The Morgan fingerprint density at radius 2 is 1.04 bits per heavy atom. The molecule has 2 aromatic rings. The number of rotatable bonds is 8. The van der Waals surface area contributed by atoms with Gasteiger partial charge in [0.05, 0.1) is 25.3 Å². The summed E-state index contributed by atoms with van der Waals surface area (Å²) in [6.07, 6.45) is 0. The first kappa shape index (κ1) is 18.3. The second kappa shape index (κ2) is 9.29. The molecule has 0 unspecified atom stereocenters. The number of ether oxygens (including phenoxy) is 5. The summed E-state index contributed by atoms with van der Waals surface area (Å²) in [6.45, 7) is -0.665. The van der Waals surface area contributed by atoms with Gasteiger partial charge in [0.25, 0.3) is 0 Å². The van der Waals surface area contributed by atoms with Crippen molar-refractivity contribution in [3.05, 3.63) is 59.7 Å². The van der Waals surface area contributed by atoms with Gasteiger partial charge in [0, 0.05) is 0 Å². The highest BCUT2D eigenvalue weighted by molar-refractivity contribution is 5.90. The zero-order chi connectivity index (χ0) is 18.1. The molecule has 132 valence electrons. The fourth-order valence-corrected chi connectivity index (χ4v) is 1.85. The number of carbonyl (C=O) groups is 2. The first-order chi connectivity index (χ1) is 12.1. The second-order valence-electron chi connectivity index (χ2n) is 4.76. The van der Waals surface area contributed by atoms with E-state index in [9.17, 15) is 9.59 Å². The molecule has 0 aliphatic carbocycles. The molecule has 0 amide bonds. The van der Waals surface area contributed by atoms with Crippen LogP contribution in [0.2, 0.25) is 0 Å². The molecule has 7 heteroatoms. The van der Waals surface area contributed by atoms with Crippen LogP contribution in [0.3, 0.4) is 0 Å². The fourth-order valence-electron chi connectivity index (χ4n) is 1.85. The molecule has 0 bridgehead atoms. The summed E-state index contributed by atoms with van der Waals surface area (Å²) in [7, 11) is 3.07. The van der Waals surface area contributed by atoms with Gasteiger partial charge in [0.2, 0.25) is 0 Å². The van der Waals surface area contributed by atoms with Crippen LogP contribution >= 0.6 is 0 Å². The summed E-state index contributed by atoms with van der Waals surface area (Å²) >= 11 is 0. The number of hydrogen-bond acceptors (Lipinski definition) is 7. The average Bonchev–Trinajstić information content (AvgIpc) is 2.67. The van der Waals surface area contributed by atoms with Gasteiger partial charge in [-0.1, -0.05) is 0 Å². The van der Waals surface area contributed by atoms with Crippen LogP contribution in [-0.4, -0.2) is 39.7 Å². The van der Waals surface area contributed by atoms with E-state index < -0.39 is 11.9 Å². The van der Waals surface area contributed by atoms with Crippen molar-refractivity contribution in [2.45, 2.75) is 0 Å². The topological polar surface area (TPSA) is 80.3 Å². The minimum atomic E-state index is -0.552. The molecule has 0 saturated carbocycles. The van der Waals surface area contributed by atoms with Crippen molar-refractivity contribution >= 4 is 11.9 Å². The Morgan fingerprint density at radius 3 is 1.36 bits per heavy atom. The highest BCUT2D eigenvalue weighted by Crippen LogP contribution is 2.13. The van der Waals surface area contributed by atoms with Gasteiger partial charge in [-0.05, 0) is 48.5 Å². The summed E-state index contributed by atoms with van der Waals surface area (Å²) < 4.78 is 24.8. The second-order valence-corrected chi connectivity index (χ2v) is 4.76. The smallest absolute Gasteiger partial charge is 0.340 e. The van der Waals surface area contributed by atoms with Crippen LogP contribution in [-0.2, 0) is 14.2 Å². The van der Waals surface area contributed by atoms with Crippen molar-refractivity contribution in [3.63, 3.8) is 0 Å². The van der Waals surface area contributed by atoms with Crippen molar-refractivity contribution < 1.29 is 33.3 Å². The first-order valence-electron chi connectivity index (χ1n) is 7.34. The number of esters is 2. The lowest BCUT2D eigenvalue weighted by Crippen LogP contribution is -2.13. The number of carbonyl (C=O) groups excluding carboxylic acids is 2. The van der Waals surface area contributed by atoms with Crippen LogP contribution in [0.5, 0.6) is 11.5 Å². The SMILES string of the molecule is COc1ccc(C(=O)OCOCOC(=O)c2ccc(OC)cc2)cc1. The highest BCUT2D eigenvalue weighted by atomic mass is 16.8. The minimum Gasteiger partial charge on any atom is -0.497 e. The van der Waals surface area contributed by atoms with E-state index in [4.69, 9.17) is 23.7 Å². The summed E-state index contributed by atoms with van der Waals surface area (Å²) in [4.78, 5) is 23.5. The Balaban J connectivity index is 1.68. The van der Waals surface area contributed by atoms with Crippen molar-refractivity contribution in [2.75, 3.05) is 27.8 Å². The van der Waals surface area contributed by atoms with E-state index in [1.165, 1.54) is 14.2 Å². The van der Waals surface area contributed by atoms with Crippen molar-refractivity contribution in [1.29, 1.82) is 0 Å². The van der Waals surface area contributed by atoms with Gasteiger partial charge >= 0.3 is 11.9 Å². The zero-order valence-electron chi connectivity index (χ0n) is 13.9. The molecule has 25 heavy (non-hydrogen) atoms. The van der Waals surface area contributed by atoms with Gasteiger partial charge in [-0.15, -0.1) is 0 Å². The maximum Gasteiger partial charge on any atom is 0.340 e. The monoisotopic (exact) mass is 346 g/mol. The van der Waals surface area contributed by atoms with Crippen LogP contribution in [0.4, 0.5) is 0 Å². The lowest BCUT2D eigenvalue weighted by atomic mass is 10.2. The molecule has 7 nitrogen and oxygen atoms in total. The normalized spacial score (nSPS) is 10.0. The molecular weight excluding hydrogens is 328 g/mol. The van der Waals surface area contributed by atoms with Crippen molar-refractivity contribution in [1.82, 2.24) is 0 Å². The summed E-state index contributed by atoms with van der Waals surface area (Å²) in [5.41, 5.74) is 0.722. The third-order valence-electron chi connectivity index (χ3n) is 3.20. The molecule has 0 fully saturated rings. The molecule has 0 heterocycles. The molecule has 0 N–H and O–H groups in total. The maximum atomic E-state index is 11.8. The molecule has 0 aliphatic rings. The van der Waals surface area contributed by atoms with Crippen LogP contribution < -0.4 is 9.47 Å². The predicted octanol–water partition coefficient (Wildman–Crippen LogP) is 2.65. The van der Waals surface area contributed by atoms with Gasteiger partial charge in [0.1, 0.15) is 11.5 Å². The Morgan fingerprint density at radius 1 is 0.680 bits per heavy atom. The molecule has 0 aliphatic heterocycles. The van der Waals surface area contributed by atoms with Gasteiger partial charge < -0.3 is 23.7 Å². The van der Waals surface area contributed by atoms with Crippen LogP contribution in [0, 0.1) is 0 Å². The molecule has 2 rings (SSSR count). The van der Waals surface area contributed by atoms with Crippen LogP contribution in [0.15, 0.2) is 48.5 Å². The molecule has 0 atom stereocenters. The van der Waals surface area contributed by atoms with Crippen LogP contribution in [0.1, 0.15) is 20.7 Å². The quantitative estimate of drug-likeness (QED) is 0.413. The van der Waals surface area contributed by atoms with E-state index in [-0.39, 0.29) is 13.6 Å². The average molecular weight is 346 g/mol. The number of hydrogen-bond donors (Lipinski definition) is 0. The maximum absolute atomic E-state index is 11.8. The molecule has 0 radical (unpaired) electrons. The molecular formula is C18H18O7. The standard InChI is InChI=1S/C18H18O7/c1-21-15-7-3-13(4-8-15)17(19)24-11-23-12-25-18(20)14-5-9-16(22-2)10-6-14/h3-10H,11-12H2,1-2H3. The minimum absolute atomic E-state index is 0.333. The van der Waals surface area contributed by atoms with Gasteiger partial charge in [0.15, 0.2) is 13.6 Å². The molecule has 0 spiro atoms. The lowest BCUT2D eigenvalue weighted by molar-refractivity contribution is -0.0931. The molecule has 0 saturated heterocycles. The Bertz CT molecular complexity index is 631. The Labute approximate surface area is 145 Å². The molecule has 2 aromatic carbocycles. The first-order valence-corrected chi connectivity index (χ1v) is 7.34. The Hall–Kier alpha value is -3.06. The van der Waals surface area contributed by atoms with E-state index in [1.807, 2.05) is 0 Å².